The fraction of sp³-hybridized carbons (Fsp3) is 0.300. The van der Waals surface area contributed by atoms with Gasteiger partial charge >= 0.3 is 0 Å². The van der Waals surface area contributed by atoms with Crippen molar-refractivity contribution in [3.8, 4) is 11.5 Å². The summed E-state index contributed by atoms with van der Waals surface area (Å²) in [6.07, 6.45) is 1.19. The van der Waals surface area contributed by atoms with E-state index in [-0.39, 0.29) is 11.8 Å². The van der Waals surface area contributed by atoms with Crippen molar-refractivity contribution in [2.45, 2.75) is 18.9 Å². The van der Waals surface area contributed by atoms with Crippen molar-refractivity contribution in [3.05, 3.63) is 48.0 Å². The maximum absolute atomic E-state index is 12.6. The van der Waals surface area contributed by atoms with Gasteiger partial charge in [-0.1, -0.05) is 6.07 Å². The Morgan fingerprint density at radius 3 is 2.52 bits per heavy atom. The Hall–Kier alpha value is -3.06. The summed E-state index contributed by atoms with van der Waals surface area (Å²) in [4.78, 5) is 24.7. The Balaban J connectivity index is 1.43. The summed E-state index contributed by atoms with van der Waals surface area (Å²) in [5.74, 6) is 0.812. The van der Waals surface area contributed by atoms with Gasteiger partial charge in [0.15, 0.2) is 11.5 Å². The summed E-state index contributed by atoms with van der Waals surface area (Å²) in [5, 5.41) is 5.64. The first-order valence-corrected chi connectivity index (χ1v) is 8.92. The summed E-state index contributed by atoms with van der Waals surface area (Å²) in [6, 6.07) is 12.1. The van der Waals surface area contributed by atoms with Gasteiger partial charge in [0, 0.05) is 29.6 Å². The SMILES string of the molecule is O=C(Nc1ccc2c(c1)OCCO2)c1cccc(NC(=O)[C@@H]2CCCO2)c1. The number of amides is 2. The molecule has 0 aliphatic carbocycles. The molecule has 0 saturated carbocycles. The molecule has 2 aliphatic heterocycles. The molecule has 7 heteroatoms. The first kappa shape index (κ1) is 17.4. The van der Waals surface area contributed by atoms with Gasteiger partial charge < -0.3 is 24.8 Å². The van der Waals surface area contributed by atoms with E-state index < -0.39 is 6.10 Å². The first-order valence-electron chi connectivity index (χ1n) is 8.92. The topological polar surface area (TPSA) is 85.9 Å². The zero-order chi connectivity index (χ0) is 18.6. The molecule has 2 amide bonds. The third-order valence-corrected chi connectivity index (χ3v) is 4.41. The van der Waals surface area contributed by atoms with Crippen LogP contribution in [0.2, 0.25) is 0 Å². The van der Waals surface area contributed by atoms with Crippen molar-refractivity contribution in [3.63, 3.8) is 0 Å². The quantitative estimate of drug-likeness (QED) is 0.867. The standard InChI is InChI=1S/C20H20N2O5/c23-19(21-15-6-7-16-18(12-15)27-10-9-26-16)13-3-1-4-14(11-13)22-20(24)17-5-2-8-25-17/h1,3-4,6-7,11-12,17H,2,5,8-10H2,(H,21,23)(H,22,24)/t17-/m0/s1. The average molecular weight is 368 g/mol. The molecule has 0 radical (unpaired) electrons. The summed E-state index contributed by atoms with van der Waals surface area (Å²) in [5.41, 5.74) is 1.61. The minimum absolute atomic E-state index is 0.183. The lowest BCUT2D eigenvalue weighted by Crippen LogP contribution is -2.27. The van der Waals surface area contributed by atoms with Crippen LogP contribution in [0.25, 0.3) is 0 Å². The van der Waals surface area contributed by atoms with E-state index in [1.165, 1.54) is 0 Å². The number of anilines is 2. The first-order chi connectivity index (χ1) is 13.2. The van der Waals surface area contributed by atoms with Crippen LogP contribution < -0.4 is 20.1 Å². The van der Waals surface area contributed by atoms with Crippen molar-refractivity contribution >= 4 is 23.2 Å². The number of benzene rings is 2. The third-order valence-electron chi connectivity index (χ3n) is 4.41. The molecule has 0 bridgehead atoms. The zero-order valence-corrected chi connectivity index (χ0v) is 14.7. The summed E-state index contributed by atoms with van der Waals surface area (Å²) in [6.45, 7) is 1.61. The summed E-state index contributed by atoms with van der Waals surface area (Å²) < 4.78 is 16.4. The van der Waals surface area contributed by atoms with Gasteiger partial charge in [-0.25, -0.2) is 0 Å². The molecule has 2 aromatic rings. The highest BCUT2D eigenvalue weighted by molar-refractivity contribution is 6.05. The van der Waals surface area contributed by atoms with E-state index in [0.717, 1.165) is 12.8 Å². The Labute approximate surface area is 156 Å². The number of carbonyl (C=O) groups is 2. The van der Waals surface area contributed by atoms with Crippen LogP contribution in [0.5, 0.6) is 11.5 Å². The van der Waals surface area contributed by atoms with E-state index in [1.807, 2.05) is 0 Å². The van der Waals surface area contributed by atoms with Gasteiger partial charge in [0.25, 0.3) is 11.8 Å². The van der Waals surface area contributed by atoms with Gasteiger partial charge in [-0.3, -0.25) is 9.59 Å². The molecule has 0 aromatic heterocycles. The predicted molar refractivity (Wildman–Crippen MR) is 99.4 cm³/mol. The molecule has 27 heavy (non-hydrogen) atoms. The number of hydrogen-bond acceptors (Lipinski definition) is 5. The molecular formula is C20H20N2O5. The van der Waals surface area contributed by atoms with Crippen LogP contribution in [0.1, 0.15) is 23.2 Å². The van der Waals surface area contributed by atoms with E-state index in [2.05, 4.69) is 10.6 Å². The van der Waals surface area contributed by atoms with Gasteiger partial charge in [-0.15, -0.1) is 0 Å². The molecule has 2 aromatic carbocycles. The maximum atomic E-state index is 12.6. The van der Waals surface area contributed by atoms with Crippen LogP contribution in [-0.4, -0.2) is 37.7 Å². The molecule has 2 heterocycles. The lowest BCUT2D eigenvalue weighted by atomic mass is 10.1. The molecule has 0 spiro atoms. The average Bonchev–Trinajstić information content (AvgIpc) is 3.23. The third kappa shape index (κ3) is 4.03. The van der Waals surface area contributed by atoms with Crippen LogP contribution in [0.4, 0.5) is 11.4 Å². The normalized spacial score (nSPS) is 18.0. The second-order valence-corrected chi connectivity index (χ2v) is 6.38. The molecule has 4 rings (SSSR count). The highest BCUT2D eigenvalue weighted by Gasteiger charge is 2.23. The number of rotatable bonds is 4. The Morgan fingerprint density at radius 1 is 0.889 bits per heavy atom. The lowest BCUT2D eigenvalue weighted by molar-refractivity contribution is -0.124. The van der Waals surface area contributed by atoms with Crippen LogP contribution in [-0.2, 0) is 9.53 Å². The number of hydrogen-bond donors (Lipinski definition) is 2. The van der Waals surface area contributed by atoms with Crippen LogP contribution >= 0.6 is 0 Å². The van der Waals surface area contributed by atoms with Crippen LogP contribution in [0, 0.1) is 0 Å². The molecule has 2 aliphatic rings. The Bertz CT molecular complexity index is 861. The minimum atomic E-state index is -0.416. The Kier molecular flexibility index (Phi) is 4.93. The van der Waals surface area contributed by atoms with Gasteiger partial charge in [-0.05, 0) is 43.2 Å². The van der Waals surface area contributed by atoms with Gasteiger partial charge in [0.1, 0.15) is 19.3 Å². The van der Waals surface area contributed by atoms with E-state index in [1.54, 1.807) is 42.5 Å². The maximum Gasteiger partial charge on any atom is 0.255 e. The van der Waals surface area contributed by atoms with Crippen LogP contribution in [0.3, 0.4) is 0 Å². The summed E-state index contributed by atoms with van der Waals surface area (Å²) in [7, 11) is 0. The fourth-order valence-corrected chi connectivity index (χ4v) is 3.07. The molecule has 140 valence electrons. The van der Waals surface area contributed by atoms with Crippen molar-refractivity contribution in [1.29, 1.82) is 0 Å². The largest absolute Gasteiger partial charge is 0.486 e. The van der Waals surface area contributed by atoms with Crippen molar-refractivity contribution in [1.82, 2.24) is 0 Å². The van der Waals surface area contributed by atoms with Gasteiger partial charge in [0.2, 0.25) is 0 Å². The predicted octanol–water partition coefficient (Wildman–Crippen LogP) is 2.83. The zero-order valence-electron chi connectivity index (χ0n) is 14.7. The molecule has 2 N–H and O–H groups in total. The van der Waals surface area contributed by atoms with Crippen molar-refractivity contribution < 1.29 is 23.8 Å². The van der Waals surface area contributed by atoms with Crippen molar-refractivity contribution in [2.75, 3.05) is 30.5 Å². The van der Waals surface area contributed by atoms with E-state index >= 15 is 0 Å². The molecule has 1 fully saturated rings. The van der Waals surface area contributed by atoms with E-state index in [0.29, 0.717) is 48.3 Å². The molecule has 0 unspecified atom stereocenters. The molecular weight excluding hydrogens is 348 g/mol. The number of carbonyl (C=O) groups excluding carboxylic acids is 2. The Morgan fingerprint density at radius 2 is 1.70 bits per heavy atom. The number of nitrogens with one attached hydrogen (secondary N) is 2. The summed E-state index contributed by atoms with van der Waals surface area (Å²) >= 11 is 0. The van der Waals surface area contributed by atoms with E-state index in [9.17, 15) is 9.59 Å². The highest BCUT2D eigenvalue weighted by atomic mass is 16.6. The second-order valence-electron chi connectivity index (χ2n) is 6.38. The van der Waals surface area contributed by atoms with Gasteiger partial charge in [0.05, 0.1) is 0 Å². The number of ether oxygens (including phenoxy) is 3. The fourth-order valence-electron chi connectivity index (χ4n) is 3.07. The number of fused-ring (bicyclic) bond motifs is 1. The van der Waals surface area contributed by atoms with Crippen LogP contribution in [0.15, 0.2) is 42.5 Å². The molecule has 1 atom stereocenters. The molecule has 7 nitrogen and oxygen atoms in total. The lowest BCUT2D eigenvalue weighted by Gasteiger charge is -2.19. The van der Waals surface area contributed by atoms with E-state index in [4.69, 9.17) is 14.2 Å². The molecule has 1 saturated heterocycles. The smallest absolute Gasteiger partial charge is 0.255 e. The second kappa shape index (κ2) is 7.67. The highest BCUT2D eigenvalue weighted by Crippen LogP contribution is 2.32. The van der Waals surface area contributed by atoms with Gasteiger partial charge in [-0.2, -0.15) is 0 Å². The monoisotopic (exact) mass is 368 g/mol. The van der Waals surface area contributed by atoms with Crippen molar-refractivity contribution in [2.24, 2.45) is 0 Å². The minimum Gasteiger partial charge on any atom is -0.486 e.